The van der Waals surface area contributed by atoms with Gasteiger partial charge in [0.05, 0.1) is 11.9 Å². The Morgan fingerprint density at radius 3 is 2.69 bits per heavy atom. The number of Topliss-reactive ketones (excluding diaryl/α,β-unsaturated/α-hetero) is 1. The second kappa shape index (κ2) is 3.93. The first kappa shape index (κ1) is 10.6. The molecule has 0 saturated carbocycles. The van der Waals surface area contributed by atoms with Crippen LogP contribution in [-0.2, 0) is 0 Å². The Labute approximate surface area is 94.5 Å². The minimum atomic E-state index is -0.0449. The zero-order valence-corrected chi connectivity index (χ0v) is 9.66. The summed E-state index contributed by atoms with van der Waals surface area (Å²) in [5.74, 6) is 0.368. The number of imidazole rings is 1. The number of hydrogen-bond acceptors (Lipinski definition) is 2. The molecule has 0 aliphatic heterocycles. The van der Waals surface area contributed by atoms with Gasteiger partial charge >= 0.3 is 0 Å². The minimum absolute atomic E-state index is 0.0449. The molecule has 0 radical (unpaired) electrons. The Kier molecular flexibility index (Phi) is 2.60. The second-order valence-electron chi connectivity index (χ2n) is 4.02. The van der Waals surface area contributed by atoms with E-state index in [1.165, 1.54) is 18.1 Å². The first-order valence-corrected chi connectivity index (χ1v) is 5.21. The summed E-state index contributed by atoms with van der Waals surface area (Å²) in [4.78, 5) is 18.2. The lowest BCUT2D eigenvalue weighted by Crippen LogP contribution is -1.94. The Morgan fingerprint density at radius 1 is 1.31 bits per heavy atom. The fraction of sp³-hybridized carbons (Fsp3) is 0.231. The molecule has 1 aromatic heterocycles. The predicted molar refractivity (Wildman–Crippen MR) is 63.5 cm³/mol. The molecule has 0 saturated heterocycles. The molecule has 0 amide bonds. The lowest BCUT2D eigenvalue weighted by atomic mass is 10.0. The summed E-state index contributed by atoms with van der Waals surface area (Å²) < 4.78 is 0. The standard InChI is InChI=1S/C13H14N2O/c1-8-4-5-9(2)11(6-8)12-7-14-13(15-12)10(3)16/h4-7H,1-3H3,(H,14,15). The second-order valence-corrected chi connectivity index (χ2v) is 4.02. The van der Waals surface area contributed by atoms with Crippen LogP contribution in [0, 0.1) is 13.8 Å². The van der Waals surface area contributed by atoms with E-state index in [1.54, 1.807) is 6.20 Å². The summed E-state index contributed by atoms with van der Waals surface area (Å²) in [6.07, 6.45) is 1.71. The molecule has 1 heterocycles. The van der Waals surface area contributed by atoms with Crippen LogP contribution in [0.2, 0.25) is 0 Å². The van der Waals surface area contributed by atoms with Gasteiger partial charge in [0.25, 0.3) is 0 Å². The van der Waals surface area contributed by atoms with Crippen molar-refractivity contribution in [1.29, 1.82) is 0 Å². The highest BCUT2D eigenvalue weighted by atomic mass is 16.1. The van der Waals surface area contributed by atoms with Gasteiger partial charge in [-0.25, -0.2) is 4.98 Å². The zero-order valence-electron chi connectivity index (χ0n) is 9.66. The average Bonchev–Trinajstić information content (AvgIpc) is 2.70. The number of aromatic amines is 1. The lowest BCUT2D eigenvalue weighted by Gasteiger charge is -2.04. The van der Waals surface area contributed by atoms with Gasteiger partial charge in [0.15, 0.2) is 11.6 Å². The van der Waals surface area contributed by atoms with E-state index in [1.807, 2.05) is 13.8 Å². The molecule has 82 valence electrons. The molecule has 0 atom stereocenters. The van der Waals surface area contributed by atoms with Crippen LogP contribution in [0.4, 0.5) is 0 Å². The van der Waals surface area contributed by atoms with Crippen molar-refractivity contribution >= 4 is 5.78 Å². The molecule has 1 N–H and O–H groups in total. The molecular formula is C13H14N2O. The van der Waals surface area contributed by atoms with Crippen LogP contribution in [0.25, 0.3) is 11.3 Å². The number of carbonyl (C=O) groups excluding carboxylic acids is 1. The van der Waals surface area contributed by atoms with Crippen molar-refractivity contribution in [3.05, 3.63) is 41.3 Å². The Bertz CT molecular complexity index is 541. The van der Waals surface area contributed by atoms with E-state index in [2.05, 4.69) is 28.2 Å². The molecule has 1 aromatic carbocycles. The number of aromatic nitrogens is 2. The van der Waals surface area contributed by atoms with Gasteiger partial charge in [0.1, 0.15) is 0 Å². The number of H-pyrrole nitrogens is 1. The highest BCUT2D eigenvalue weighted by Crippen LogP contribution is 2.22. The van der Waals surface area contributed by atoms with Gasteiger partial charge < -0.3 is 4.98 Å². The molecule has 0 spiro atoms. The highest BCUT2D eigenvalue weighted by Gasteiger charge is 2.08. The fourth-order valence-electron chi connectivity index (χ4n) is 1.66. The summed E-state index contributed by atoms with van der Waals surface area (Å²) in [7, 11) is 0. The fourth-order valence-corrected chi connectivity index (χ4v) is 1.66. The molecule has 3 heteroatoms. The first-order valence-electron chi connectivity index (χ1n) is 5.21. The van der Waals surface area contributed by atoms with E-state index in [0.717, 1.165) is 11.3 Å². The van der Waals surface area contributed by atoms with E-state index in [9.17, 15) is 4.79 Å². The maximum atomic E-state index is 11.1. The van der Waals surface area contributed by atoms with Crippen molar-refractivity contribution < 1.29 is 4.79 Å². The van der Waals surface area contributed by atoms with Crippen LogP contribution < -0.4 is 0 Å². The minimum Gasteiger partial charge on any atom is -0.336 e. The Hall–Kier alpha value is -1.90. The number of nitrogens with zero attached hydrogens (tertiary/aromatic N) is 1. The predicted octanol–water partition coefficient (Wildman–Crippen LogP) is 2.90. The monoisotopic (exact) mass is 214 g/mol. The van der Waals surface area contributed by atoms with Gasteiger partial charge in [-0.1, -0.05) is 17.7 Å². The number of rotatable bonds is 2. The van der Waals surface area contributed by atoms with Crippen molar-refractivity contribution in [1.82, 2.24) is 9.97 Å². The molecule has 2 aromatic rings. The molecule has 3 nitrogen and oxygen atoms in total. The van der Waals surface area contributed by atoms with Crippen LogP contribution in [-0.4, -0.2) is 15.8 Å². The molecule has 16 heavy (non-hydrogen) atoms. The number of benzene rings is 1. The number of hydrogen-bond donors (Lipinski definition) is 1. The van der Waals surface area contributed by atoms with Crippen molar-refractivity contribution in [2.24, 2.45) is 0 Å². The maximum absolute atomic E-state index is 11.1. The van der Waals surface area contributed by atoms with Crippen molar-refractivity contribution in [3.63, 3.8) is 0 Å². The first-order chi connectivity index (χ1) is 7.58. The SMILES string of the molecule is CC(=O)c1ncc(-c2cc(C)ccc2C)[nH]1. The number of nitrogens with one attached hydrogen (secondary N) is 1. The van der Waals surface area contributed by atoms with Crippen molar-refractivity contribution in [2.45, 2.75) is 20.8 Å². The van der Waals surface area contributed by atoms with Crippen molar-refractivity contribution in [3.8, 4) is 11.3 Å². The molecule has 0 aliphatic carbocycles. The largest absolute Gasteiger partial charge is 0.336 e. The van der Waals surface area contributed by atoms with E-state index < -0.39 is 0 Å². The summed E-state index contributed by atoms with van der Waals surface area (Å²) in [6.45, 7) is 5.60. The van der Waals surface area contributed by atoms with Gasteiger partial charge in [-0.2, -0.15) is 0 Å². The van der Waals surface area contributed by atoms with Gasteiger partial charge in [0, 0.05) is 12.5 Å². The third-order valence-electron chi connectivity index (χ3n) is 2.59. The van der Waals surface area contributed by atoms with Gasteiger partial charge in [-0.3, -0.25) is 4.79 Å². The molecule has 0 aliphatic rings. The molecule has 2 rings (SSSR count). The van der Waals surface area contributed by atoms with Gasteiger partial charge in [-0.05, 0) is 25.5 Å². The van der Waals surface area contributed by atoms with Crippen molar-refractivity contribution in [2.75, 3.05) is 0 Å². The molecule has 0 fully saturated rings. The summed E-state index contributed by atoms with van der Waals surface area (Å²) in [5, 5.41) is 0. The van der Waals surface area contributed by atoms with Gasteiger partial charge in [0.2, 0.25) is 0 Å². The van der Waals surface area contributed by atoms with Gasteiger partial charge in [-0.15, -0.1) is 0 Å². The number of aryl methyl sites for hydroxylation is 2. The van der Waals surface area contributed by atoms with E-state index in [-0.39, 0.29) is 5.78 Å². The van der Waals surface area contributed by atoms with E-state index in [0.29, 0.717) is 5.82 Å². The van der Waals surface area contributed by atoms with Crippen LogP contribution in [0.15, 0.2) is 24.4 Å². The Morgan fingerprint density at radius 2 is 2.06 bits per heavy atom. The van der Waals surface area contributed by atoms with Crippen LogP contribution in [0.5, 0.6) is 0 Å². The van der Waals surface area contributed by atoms with Crippen LogP contribution >= 0.6 is 0 Å². The molecule has 0 unspecified atom stereocenters. The summed E-state index contributed by atoms with van der Waals surface area (Å²) in [5.41, 5.74) is 4.36. The number of carbonyl (C=O) groups is 1. The topological polar surface area (TPSA) is 45.8 Å². The Balaban J connectivity index is 2.50. The van der Waals surface area contributed by atoms with E-state index >= 15 is 0 Å². The smallest absolute Gasteiger partial charge is 0.194 e. The third-order valence-corrected chi connectivity index (χ3v) is 2.59. The summed E-state index contributed by atoms with van der Waals surface area (Å²) >= 11 is 0. The zero-order chi connectivity index (χ0) is 11.7. The lowest BCUT2D eigenvalue weighted by molar-refractivity contribution is 0.100. The number of ketones is 1. The quantitative estimate of drug-likeness (QED) is 0.781. The van der Waals surface area contributed by atoms with E-state index in [4.69, 9.17) is 0 Å². The third kappa shape index (κ3) is 1.89. The normalized spacial score (nSPS) is 10.4. The molecular weight excluding hydrogens is 200 g/mol. The highest BCUT2D eigenvalue weighted by molar-refractivity contribution is 5.91. The van der Waals surface area contributed by atoms with Crippen LogP contribution in [0.1, 0.15) is 28.7 Å². The average molecular weight is 214 g/mol. The molecule has 0 bridgehead atoms. The summed E-state index contributed by atoms with van der Waals surface area (Å²) in [6, 6.07) is 6.23. The maximum Gasteiger partial charge on any atom is 0.194 e. The van der Waals surface area contributed by atoms with Crippen LogP contribution in [0.3, 0.4) is 0 Å².